The molecular formula is C25H34N5O3+. The van der Waals surface area contributed by atoms with Gasteiger partial charge in [-0.15, -0.1) is 0 Å². The molecule has 0 bridgehead atoms. The lowest BCUT2D eigenvalue weighted by Crippen LogP contribution is -2.73. The summed E-state index contributed by atoms with van der Waals surface area (Å²) in [6.45, 7) is 7.06. The lowest BCUT2D eigenvalue weighted by atomic mass is 10.0. The lowest BCUT2D eigenvalue weighted by molar-refractivity contribution is -0.538. The zero-order chi connectivity index (χ0) is 24.1. The maximum atomic E-state index is 12.9. The molecule has 0 aliphatic carbocycles. The van der Waals surface area contributed by atoms with Crippen LogP contribution in [-0.2, 0) is 16.0 Å². The molecule has 2 aromatic rings. The van der Waals surface area contributed by atoms with Crippen molar-refractivity contribution >= 4 is 34.4 Å². The molecule has 0 saturated heterocycles. The van der Waals surface area contributed by atoms with Crippen molar-refractivity contribution in [2.45, 2.75) is 19.8 Å². The SMILES string of the molecule is C=C(/C(=N/N(C)c1cc2c(cc1O)N(C)CCC2)C(=O)OCC)N(C)c1ccccc1[NH2+]C. The van der Waals surface area contributed by atoms with Crippen LogP contribution in [0.1, 0.15) is 18.9 Å². The Morgan fingerprint density at radius 2 is 2.00 bits per heavy atom. The van der Waals surface area contributed by atoms with Gasteiger partial charge in [0, 0.05) is 45.5 Å². The van der Waals surface area contributed by atoms with Crippen molar-refractivity contribution in [1.29, 1.82) is 0 Å². The minimum absolute atomic E-state index is 0.0713. The number of para-hydroxylation sites is 2. The number of nitrogens with two attached hydrogens (primary N) is 1. The third kappa shape index (κ3) is 5.12. The number of benzene rings is 2. The number of phenolic OH excluding ortho intramolecular Hbond substituents is 1. The van der Waals surface area contributed by atoms with Gasteiger partial charge in [0.15, 0.2) is 11.4 Å². The van der Waals surface area contributed by atoms with Crippen LogP contribution in [0.4, 0.5) is 22.7 Å². The summed E-state index contributed by atoms with van der Waals surface area (Å²) in [6.07, 6.45) is 1.97. The molecule has 1 aliphatic heterocycles. The van der Waals surface area contributed by atoms with E-state index < -0.39 is 5.97 Å². The number of fused-ring (bicyclic) bond motifs is 1. The third-order valence-electron chi connectivity index (χ3n) is 5.88. The molecule has 0 spiro atoms. The van der Waals surface area contributed by atoms with Crippen LogP contribution in [0.3, 0.4) is 0 Å². The Bertz CT molecular complexity index is 1070. The van der Waals surface area contributed by atoms with Crippen LogP contribution in [0.15, 0.2) is 53.8 Å². The molecule has 0 atom stereocenters. The molecule has 0 aromatic heterocycles. The highest BCUT2D eigenvalue weighted by atomic mass is 16.5. The fourth-order valence-electron chi connectivity index (χ4n) is 4.01. The van der Waals surface area contributed by atoms with Crippen LogP contribution in [0, 0.1) is 0 Å². The van der Waals surface area contributed by atoms with E-state index in [1.54, 1.807) is 20.0 Å². The molecule has 8 heteroatoms. The number of hydrazone groups is 1. The minimum Gasteiger partial charge on any atom is -0.506 e. The second-order valence-electron chi connectivity index (χ2n) is 8.04. The summed E-state index contributed by atoms with van der Waals surface area (Å²) in [5.74, 6) is -0.474. The van der Waals surface area contributed by atoms with E-state index in [2.05, 4.69) is 16.6 Å². The number of ether oxygens (including phenoxy) is 1. The molecule has 0 radical (unpaired) electrons. The van der Waals surface area contributed by atoms with E-state index in [4.69, 9.17) is 4.74 Å². The number of anilines is 3. The van der Waals surface area contributed by atoms with Crippen molar-refractivity contribution in [3.8, 4) is 5.75 Å². The molecule has 3 N–H and O–H groups in total. The Morgan fingerprint density at radius 3 is 2.70 bits per heavy atom. The largest absolute Gasteiger partial charge is 0.506 e. The van der Waals surface area contributed by atoms with E-state index >= 15 is 0 Å². The van der Waals surface area contributed by atoms with Crippen molar-refractivity contribution in [1.82, 2.24) is 0 Å². The van der Waals surface area contributed by atoms with E-state index in [-0.39, 0.29) is 18.1 Å². The second-order valence-corrected chi connectivity index (χ2v) is 8.04. The van der Waals surface area contributed by atoms with Gasteiger partial charge in [0.1, 0.15) is 17.1 Å². The van der Waals surface area contributed by atoms with Crippen LogP contribution >= 0.6 is 0 Å². The van der Waals surface area contributed by atoms with Gasteiger partial charge < -0.3 is 25.0 Å². The average Bonchev–Trinajstić information content (AvgIpc) is 2.81. The third-order valence-corrected chi connectivity index (χ3v) is 5.88. The number of phenols is 1. The molecule has 0 saturated carbocycles. The molecular weight excluding hydrogens is 418 g/mol. The normalized spacial score (nSPS) is 13.4. The first-order chi connectivity index (χ1) is 15.8. The maximum Gasteiger partial charge on any atom is 0.360 e. The van der Waals surface area contributed by atoms with Gasteiger partial charge in [0.05, 0.1) is 19.4 Å². The summed E-state index contributed by atoms with van der Waals surface area (Å²) < 4.78 is 5.28. The van der Waals surface area contributed by atoms with E-state index in [9.17, 15) is 9.90 Å². The van der Waals surface area contributed by atoms with E-state index in [1.165, 1.54) is 5.01 Å². The van der Waals surface area contributed by atoms with Gasteiger partial charge in [-0.1, -0.05) is 18.7 Å². The smallest absolute Gasteiger partial charge is 0.360 e. The monoisotopic (exact) mass is 452 g/mol. The van der Waals surface area contributed by atoms with Crippen molar-refractivity contribution in [2.24, 2.45) is 5.10 Å². The van der Waals surface area contributed by atoms with Gasteiger partial charge in [-0.2, -0.15) is 5.10 Å². The second kappa shape index (κ2) is 10.4. The van der Waals surface area contributed by atoms with Crippen LogP contribution in [0.25, 0.3) is 0 Å². The van der Waals surface area contributed by atoms with Crippen molar-refractivity contribution < 1.29 is 20.0 Å². The van der Waals surface area contributed by atoms with Gasteiger partial charge in [0.25, 0.3) is 0 Å². The van der Waals surface area contributed by atoms with Gasteiger partial charge in [-0.05, 0) is 37.5 Å². The Morgan fingerprint density at radius 1 is 1.27 bits per heavy atom. The zero-order valence-electron chi connectivity index (χ0n) is 20.1. The molecule has 0 fully saturated rings. The number of hydrogen-bond donors (Lipinski definition) is 2. The van der Waals surface area contributed by atoms with Crippen molar-refractivity contribution in [3.63, 3.8) is 0 Å². The van der Waals surface area contributed by atoms with E-state index in [0.717, 1.165) is 42.0 Å². The topological polar surface area (TPSA) is 85.2 Å². The summed E-state index contributed by atoms with van der Waals surface area (Å²) in [5, 5.41) is 18.8. The first-order valence-electron chi connectivity index (χ1n) is 11.2. The highest BCUT2D eigenvalue weighted by molar-refractivity contribution is 6.44. The van der Waals surface area contributed by atoms with Gasteiger partial charge >= 0.3 is 5.97 Å². The van der Waals surface area contributed by atoms with Crippen molar-refractivity contribution in [3.05, 3.63) is 54.2 Å². The molecule has 0 amide bonds. The number of aryl methyl sites for hydroxylation is 1. The fourth-order valence-corrected chi connectivity index (χ4v) is 4.01. The number of quaternary nitrogens is 1. The molecule has 0 unspecified atom stereocenters. The lowest BCUT2D eigenvalue weighted by Gasteiger charge is -2.29. The minimum atomic E-state index is -0.573. The molecule has 1 aliphatic rings. The number of nitrogens with zero attached hydrogens (tertiary/aromatic N) is 4. The Kier molecular flexibility index (Phi) is 7.60. The number of esters is 1. The summed E-state index contributed by atoms with van der Waals surface area (Å²) in [7, 11) is 7.52. The first kappa shape index (κ1) is 24.1. The molecule has 3 rings (SSSR count). The Labute approximate surface area is 195 Å². The van der Waals surface area contributed by atoms with Gasteiger partial charge in [-0.3, -0.25) is 5.01 Å². The highest BCUT2D eigenvalue weighted by Crippen LogP contribution is 2.37. The first-order valence-corrected chi connectivity index (χ1v) is 11.2. The summed E-state index contributed by atoms with van der Waals surface area (Å²) >= 11 is 0. The van der Waals surface area contributed by atoms with Crippen LogP contribution in [0.5, 0.6) is 5.75 Å². The Hall–Kier alpha value is -3.52. The molecule has 8 nitrogen and oxygen atoms in total. The predicted molar refractivity (Wildman–Crippen MR) is 134 cm³/mol. The molecule has 2 aromatic carbocycles. The highest BCUT2D eigenvalue weighted by Gasteiger charge is 2.25. The number of carbonyl (C=O) groups is 1. The number of rotatable bonds is 8. The molecule has 176 valence electrons. The van der Waals surface area contributed by atoms with Crippen LogP contribution in [-0.4, -0.2) is 58.1 Å². The van der Waals surface area contributed by atoms with Crippen LogP contribution < -0.4 is 20.1 Å². The standard InChI is InChI=1S/C25H33N5O3/c1-7-33-25(32)24(17(2)29(5)20-13-9-8-12-19(20)26-3)27-30(6)22-15-18-11-10-14-28(4)21(18)16-23(22)31/h8-9,12-13,15-16,26,31H,2,7,10-11,14H2,1,3-6H3/p+1/b27-24-. The van der Waals surface area contributed by atoms with Gasteiger partial charge in [-0.25, -0.2) is 4.79 Å². The van der Waals surface area contributed by atoms with Gasteiger partial charge in [0.2, 0.25) is 0 Å². The summed E-state index contributed by atoms with van der Waals surface area (Å²) in [6, 6.07) is 11.5. The molecule has 33 heavy (non-hydrogen) atoms. The summed E-state index contributed by atoms with van der Waals surface area (Å²) in [5.41, 5.74) is 5.04. The Balaban J connectivity index is 1.99. The maximum absolute atomic E-state index is 12.9. The van der Waals surface area contributed by atoms with Crippen LogP contribution in [0.2, 0.25) is 0 Å². The quantitative estimate of drug-likeness (QED) is 0.277. The predicted octanol–water partition coefficient (Wildman–Crippen LogP) is 2.60. The zero-order valence-corrected chi connectivity index (χ0v) is 20.1. The van der Waals surface area contributed by atoms with E-state index in [1.807, 2.05) is 61.7 Å². The van der Waals surface area contributed by atoms with Crippen molar-refractivity contribution in [2.75, 3.05) is 56.2 Å². The number of hydrogen-bond acceptors (Lipinski definition) is 7. The number of aromatic hydroxyl groups is 1. The van der Waals surface area contributed by atoms with E-state index in [0.29, 0.717) is 11.4 Å². The fraction of sp³-hybridized carbons (Fsp3) is 0.360. The summed E-state index contributed by atoms with van der Waals surface area (Å²) in [4.78, 5) is 16.8. The average molecular weight is 453 g/mol. The molecule has 1 heterocycles. The number of carbonyl (C=O) groups excluding carboxylic acids is 1.